The van der Waals surface area contributed by atoms with Crippen molar-refractivity contribution < 1.29 is 27.4 Å². The van der Waals surface area contributed by atoms with Crippen molar-refractivity contribution in [1.29, 1.82) is 0 Å². The van der Waals surface area contributed by atoms with Gasteiger partial charge in [0.2, 0.25) is 0 Å². The number of hydrogen-bond acceptors (Lipinski definition) is 7. The Hall–Kier alpha value is -4.58. The van der Waals surface area contributed by atoms with Crippen LogP contribution in [-0.2, 0) is 29.4 Å². The summed E-state index contributed by atoms with van der Waals surface area (Å²) in [6, 6.07) is 30.4. The summed E-state index contributed by atoms with van der Waals surface area (Å²) in [6.07, 6.45) is 1.55. The second kappa shape index (κ2) is 13.6. The quantitative estimate of drug-likeness (QED) is 0.204. The average molecular weight is 622 g/mol. The summed E-state index contributed by atoms with van der Waals surface area (Å²) in [5.74, 6) is 7.87. The van der Waals surface area contributed by atoms with Crippen molar-refractivity contribution >= 4 is 15.6 Å². The van der Waals surface area contributed by atoms with E-state index in [1.54, 1.807) is 25.3 Å². The number of hydrogen-bond donors (Lipinski definition) is 0. The molecule has 0 spiro atoms. The van der Waals surface area contributed by atoms with Crippen LogP contribution in [0.4, 0.5) is 0 Å². The normalized spacial score (nSPS) is 17.9. The van der Waals surface area contributed by atoms with Crippen molar-refractivity contribution in [2.45, 2.75) is 48.7 Å². The van der Waals surface area contributed by atoms with Gasteiger partial charge in [-0.1, -0.05) is 84.8 Å². The predicted octanol–water partition coefficient (Wildman–Crippen LogP) is 5.90. The second-order valence-corrected chi connectivity index (χ2v) is 13.4. The maximum absolute atomic E-state index is 13.0. The Bertz CT molecular complexity index is 1830. The third kappa shape index (κ3) is 6.90. The fourth-order valence-corrected chi connectivity index (χ4v) is 7.58. The molecule has 2 aliphatic heterocycles. The van der Waals surface area contributed by atoms with Gasteiger partial charge in [-0.2, -0.15) is 0 Å². The zero-order chi connectivity index (χ0) is 31.2. The van der Waals surface area contributed by atoms with E-state index < -0.39 is 15.1 Å². The number of Topliss-reactive ketones (excluding diaryl/α,β-unsaturated/α-hetero) is 1. The van der Waals surface area contributed by atoms with Gasteiger partial charge < -0.3 is 14.2 Å². The Labute approximate surface area is 264 Å². The van der Waals surface area contributed by atoms with E-state index >= 15 is 0 Å². The Balaban J connectivity index is 1.14. The monoisotopic (exact) mass is 621 g/mol. The minimum Gasteiger partial charge on any atom is -0.493 e. The van der Waals surface area contributed by atoms with Crippen molar-refractivity contribution in [2.24, 2.45) is 0 Å². The highest BCUT2D eigenvalue weighted by Crippen LogP contribution is 2.39. The summed E-state index contributed by atoms with van der Waals surface area (Å²) >= 11 is 0. The summed E-state index contributed by atoms with van der Waals surface area (Å²) in [5, 5.41) is -1.15. The van der Waals surface area contributed by atoms with Gasteiger partial charge in [0.15, 0.2) is 27.1 Å². The minimum absolute atomic E-state index is 0.0318. The molecule has 0 bridgehead atoms. The van der Waals surface area contributed by atoms with Gasteiger partial charge in [0.05, 0.1) is 18.6 Å². The SMILES string of the molecule is COc1cc2c(cc1OCc1ccccc1)OC(CN(CC#CCC1C(=O)c3ccccc3S1(=O)=O)Cc1ccccc1)CC2. The van der Waals surface area contributed by atoms with Crippen LogP contribution in [0.1, 0.15) is 39.9 Å². The van der Waals surface area contributed by atoms with Crippen LogP contribution in [0.15, 0.2) is 102 Å². The molecule has 0 saturated heterocycles. The van der Waals surface area contributed by atoms with Gasteiger partial charge in [0, 0.05) is 31.1 Å². The number of benzene rings is 4. The van der Waals surface area contributed by atoms with Crippen LogP contribution < -0.4 is 14.2 Å². The van der Waals surface area contributed by atoms with Gasteiger partial charge in [-0.15, -0.1) is 5.92 Å². The molecule has 4 aromatic carbocycles. The molecule has 0 aromatic heterocycles. The fraction of sp³-hybridized carbons (Fsp3) is 0.270. The summed E-state index contributed by atoms with van der Waals surface area (Å²) in [5.41, 5.74) is 3.54. The fourth-order valence-electron chi connectivity index (χ4n) is 5.82. The summed E-state index contributed by atoms with van der Waals surface area (Å²) in [6.45, 7) is 2.11. The van der Waals surface area contributed by atoms with Crippen molar-refractivity contribution in [3.8, 4) is 29.1 Å². The first-order chi connectivity index (χ1) is 21.9. The Kier molecular flexibility index (Phi) is 9.20. The van der Waals surface area contributed by atoms with E-state index in [0.29, 0.717) is 37.7 Å². The molecule has 8 heteroatoms. The van der Waals surface area contributed by atoms with Crippen molar-refractivity contribution in [2.75, 3.05) is 20.2 Å². The van der Waals surface area contributed by atoms with Crippen molar-refractivity contribution in [1.82, 2.24) is 4.90 Å². The predicted molar refractivity (Wildman–Crippen MR) is 172 cm³/mol. The summed E-state index contributed by atoms with van der Waals surface area (Å²) in [4.78, 5) is 15.1. The van der Waals surface area contributed by atoms with Crippen molar-refractivity contribution in [3.63, 3.8) is 0 Å². The lowest BCUT2D eigenvalue weighted by Gasteiger charge is -2.31. The molecule has 0 N–H and O–H groups in total. The number of ketones is 1. The van der Waals surface area contributed by atoms with Crippen LogP contribution in [0.3, 0.4) is 0 Å². The van der Waals surface area contributed by atoms with Gasteiger partial charge >= 0.3 is 0 Å². The number of carbonyl (C=O) groups is 1. The zero-order valence-electron chi connectivity index (χ0n) is 25.1. The number of carbonyl (C=O) groups excluding carboxylic acids is 1. The molecule has 0 aliphatic carbocycles. The Morgan fingerprint density at radius 1 is 0.889 bits per heavy atom. The topological polar surface area (TPSA) is 82.1 Å². The molecule has 2 atom stereocenters. The number of rotatable bonds is 10. The zero-order valence-corrected chi connectivity index (χ0v) is 26.0. The lowest BCUT2D eigenvalue weighted by atomic mass is 10.0. The third-order valence-corrected chi connectivity index (χ3v) is 10.3. The molecule has 0 saturated carbocycles. The molecular weight excluding hydrogens is 586 g/mol. The maximum Gasteiger partial charge on any atom is 0.190 e. The number of methoxy groups -OCH3 is 1. The largest absolute Gasteiger partial charge is 0.493 e. The molecule has 6 rings (SSSR count). The first kappa shape index (κ1) is 30.4. The summed E-state index contributed by atoms with van der Waals surface area (Å²) < 4.78 is 44.2. The van der Waals surface area contributed by atoms with E-state index in [1.807, 2.05) is 60.7 Å². The van der Waals surface area contributed by atoms with Gasteiger partial charge in [0.25, 0.3) is 0 Å². The van der Waals surface area contributed by atoms with Gasteiger partial charge in [0.1, 0.15) is 23.7 Å². The van der Waals surface area contributed by atoms with Gasteiger partial charge in [-0.3, -0.25) is 9.69 Å². The molecule has 0 radical (unpaired) electrons. The lowest BCUT2D eigenvalue weighted by Crippen LogP contribution is -2.37. The maximum atomic E-state index is 13.0. The molecule has 4 aromatic rings. The van der Waals surface area contributed by atoms with E-state index in [9.17, 15) is 13.2 Å². The lowest BCUT2D eigenvalue weighted by molar-refractivity contribution is 0.0991. The molecular formula is C37H35NO6S. The highest BCUT2D eigenvalue weighted by molar-refractivity contribution is 7.93. The van der Waals surface area contributed by atoms with Crippen LogP contribution in [-0.4, -0.2) is 50.7 Å². The smallest absolute Gasteiger partial charge is 0.190 e. The minimum atomic E-state index is -3.73. The molecule has 230 valence electrons. The second-order valence-electron chi connectivity index (χ2n) is 11.3. The van der Waals surface area contributed by atoms with E-state index in [2.05, 4.69) is 28.9 Å². The highest BCUT2D eigenvalue weighted by Gasteiger charge is 2.43. The summed E-state index contributed by atoms with van der Waals surface area (Å²) in [7, 11) is -2.09. The van der Waals surface area contributed by atoms with E-state index in [1.165, 1.54) is 6.07 Å². The van der Waals surface area contributed by atoms with Gasteiger partial charge in [-0.05, 0) is 41.7 Å². The van der Waals surface area contributed by atoms with Crippen molar-refractivity contribution in [3.05, 3.63) is 119 Å². The Morgan fingerprint density at radius 3 is 2.33 bits per heavy atom. The van der Waals surface area contributed by atoms with Crippen LogP contribution in [0, 0.1) is 11.8 Å². The molecule has 45 heavy (non-hydrogen) atoms. The number of aryl methyl sites for hydroxylation is 1. The number of fused-ring (bicyclic) bond motifs is 2. The first-order valence-corrected chi connectivity index (χ1v) is 16.6. The van der Waals surface area contributed by atoms with Crippen LogP contribution in [0.5, 0.6) is 17.2 Å². The standard InChI is InChI=1S/C37H35NO6S/c1-42-33-22-29-19-20-30(44-32(29)23-34(33)43-26-28-14-6-3-7-15-28)25-38(24-27-12-4-2-5-13-27)21-11-10-18-36-37(39)31-16-8-9-17-35(31)45(36,40)41/h2-9,12-17,22-23,30,36H,18-21,24-26H2,1H3. The molecule has 7 nitrogen and oxygen atoms in total. The van der Waals surface area contributed by atoms with E-state index in [-0.39, 0.29) is 28.8 Å². The van der Waals surface area contributed by atoms with Crippen LogP contribution in [0.2, 0.25) is 0 Å². The third-order valence-electron chi connectivity index (χ3n) is 8.17. The molecule has 2 unspecified atom stereocenters. The molecule has 0 fully saturated rings. The number of nitrogens with zero attached hydrogens (tertiary/aromatic N) is 1. The first-order valence-electron chi connectivity index (χ1n) is 15.1. The molecule has 0 amide bonds. The van der Waals surface area contributed by atoms with E-state index in [4.69, 9.17) is 14.2 Å². The van der Waals surface area contributed by atoms with E-state index in [0.717, 1.165) is 35.3 Å². The molecule has 2 aliphatic rings. The van der Waals surface area contributed by atoms with Crippen LogP contribution >= 0.6 is 0 Å². The molecule has 2 heterocycles. The number of sulfone groups is 1. The van der Waals surface area contributed by atoms with Gasteiger partial charge in [-0.25, -0.2) is 8.42 Å². The number of ether oxygens (including phenoxy) is 3. The Morgan fingerprint density at radius 2 is 1.60 bits per heavy atom. The van der Waals surface area contributed by atoms with Crippen LogP contribution in [0.25, 0.3) is 0 Å². The highest BCUT2D eigenvalue weighted by atomic mass is 32.2. The average Bonchev–Trinajstić information content (AvgIpc) is 3.26.